The van der Waals surface area contributed by atoms with Crippen molar-refractivity contribution in [1.29, 1.82) is 0 Å². The molecular weight excluding hydrogens is 631 g/mol. The van der Waals surface area contributed by atoms with Gasteiger partial charge in [0.25, 0.3) is 5.91 Å². The van der Waals surface area contributed by atoms with Gasteiger partial charge in [-0.25, -0.2) is 4.39 Å². The monoisotopic (exact) mass is 682 g/mol. The maximum Gasteiger partial charge on any atom is 0.256 e. The van der Waals surface area contributed by atoms with Crippen LogP contribution in [0.3, 0.4) is 0 Å². The average Bonchev–Trinajstić information content (AvgIpc) is 3.48. The fraction of sp³-hybridized carbons (Fsp3) is 0.366. The summed E-state index contributed by atoms with van der Waals surface area (Å²) < 4.78 is 22.8. The van der Waals surface area contributed by atoms with Gasteiger partial charge in [0.1, 0.15) is 22.5 Å². The summed E-state index contributed by atoms with van der Waals surface area (Å²) in [4.78, 5) is 27.8. The second kappa shape index (κ2) is 17.7. The molecule has 1 aliphatic carbocycles. The van der Waals surface area contributed by atoms with E-state index in [1.165, 1.54) is 44.6 Å². The summed E-state index contributed by atoms with van der Waals surface area (Å²) >= 11 is 0. The number of hydrogen-bond donors (Lipinski definition) is 3. The minimum Gasteiger partial charge on any atom is -0.508 e. The summed E-state index contributed by atoms with van der Waals surface area (Å²) in [6.45, 7) is 12.2. The Labute approximate surface area is 294 Å². The van der Waals surface area contributed by atoms with Crippen molar-refractivity contribution < 1.29 is 19.0 Å². The Bertz CT molecular complexity index is 1970. The number of amides is 1. The minimum absolute atomic E-state index is 0.0624. The van der Waals surface area contributed by atoms with Crippen LogP contribution < -0.4 is 20.8 Å². The highest BCUT2D eigenvalue weighted by molar-refractivity contribution is 6.02. The molecule has 3 aromatic carbocycles. The summed E-state index contributed by atoms with van der Waals surface area (Å²) in [6, 6.07) is 13.6. The van der Waals surface area contributed by atoms with E-state index in [1.54, 1.807) is 16.7 Å². The van der Waals surface area contributed by atoms with E-state index in [2.05, 4.69) is 50.3 Å². The molecule has 3 heterocycles. The molecule has 0 spiro atoms. The van der Waals surface area contributed by atoms with Gasteiger partial charge in [0.15, 0.2) is 17.3 Å². The summed E-state index contributed by atoms with van der Waals surface area (Å²) in [5.41, 5.74) is 1.99. The lowest BCUT2D eigenvalue weighted by Crippen LogP contribution is -2.27. The van der Waals surface area contributed by atoms with Crippen molar-refractivity contribution in [3.8, 4) is 17.2 Å². The molecule has 1 atom stereocenters. The van der Waals surface area contributed by atoms with Crippen molar-refractivity contribution >= 4 is 33.3 Å². The van der Waals surface area contributed by atoms with E-state index in [0.29, 0.717) is 29.3 Å². The van der Waals surface area contributed by atoms with Crippen molar-refractivity contribution in [2.24, 2.45) is 0 Å². The number of halogens is 1. The highest BCUT2D eigenvalue weighted by Gasteiger charge is 2.28. The predicted octanol–water partition coefficient (Wildman–Crippen LogP) is 9.42. The zero-order valence-electron chi connectivity index (χ0n) is 30.4. The van der Waals surface area contributed by atoms with Crippen LogP contribution in [0.15, 0.2) is 89.1 Å². The van der Waals surface area contributed by atoms with Gasteiger partial charge < -0.3 is 29.9 Å². The molecule has 9 heteroatoms. The first kappa shape index (κ1) is 37.9. The van der Waals surface area contributed by atoms with Crippen LogP contribution in [0.2, 0.25) is 0 Å². The Kier molecular flexibility index (Phi) is 13.4. The fourth-order valence-corrected chi connectivity index (χ4v) is 5.90. The molecule has 4 aromatic rings. The number of ether oxygens (including phenoxy) is 1. The van der Waals surface area contributed by atoms with Gasteiger partial charge >= 0.3 is 0 Å². The molecule has 1 saturated heterocycles. The molecule has 266 valence electrons. The number of aliphatic hydroxyl groups excluding tert-OH is 1. The SMILES string of the molecule is C/C1=C/C=C(O)\C=C/CC1.CC1CCCN1C.CCC.CCNc1c(F)cc2c(=O)c(C(=O)NC)cn3c2c1Oc1cc2ccccc2cc1-3. The molecule has 0 radical (unpaired) electrons. The molecule has 2 aliphatic heterocycles. The van der Waals surface area contributed by atoms with E-state index >= 15 is 0 Å². The number of nitrogens with zero attached hydrogens (tertiary/aromatic N) is 2. The lowest BCUT2D eigenvalue weighted by atomic mass is 10.0. The van der Waals surface area contributed by atoms with Gasteiger partial charge in [0, 0.05) is 25.8 Å². The van der Waals surface area contributed by atoms with Gasteiger partial charge in [-0.15, -0.1) is 0 Å². The van der Waals surface area contributed by atoms with Crippen LogP contribution in [0.1, 0.15) is 77.1 Å². The molecular formula is C41H51FN4O4. The van der Waals surface area contributed by atoms with E-state index < -0.39 is 17.2 Å². The van der Waals surface area contributed by atoms with Gasteiger partial charge in [-0.1, -0.05) is 62.3 Å². The van der Waals surface area contributed by atoms with E-state index in [0.717, 1.165) is 35.7 Å². The van der Waals surface area contributed by atoms with Crippen molar-refractivity contribution in [1.82, 2.24) is 14.8 Å². The molecule has 50 heavy (non-hydrogen) atoms. The zero-order valence-corrected chi connectivity index (χ0v) is 30.4. The number of likely N-dealkylation sites (tertiary alicyclic amines) is 1. The average molecular weight is 683 g/mol. The highest BCUT2D eigenvalue weighted by atomic mass is 19.1. The standard InChI is InChI=1S/C23H18FN3O3.C9H12O.C6H13N.C3H8/c1-3-26-19-16(24)10-14-20-22(19)30-18-9-13-7-5-4-6-12(13)8-17(18)27(20)11-15(21(14)28)23(29)25-2;1-8-4-2-3-5-9(10)7-6-8;1-6-4-3-5-7(6)2;1-3-2/h4-11,26H,3H2,1-2H3,(H,25,29);3,5-7,10H,2,4H2,1H3;6H,3-5H2,1-2H3;3H2,1-2H3/b;5-3-,8-6-,9-7+;;. The number of fused-ring (bicyclic) bond motifs is 3. The second-order valence-corrected chi connectivity index (χ2v) is 12.8. The summed E-state index contributed by atoms with van der Waals surface area (Å²) in [7, 11) is 3.64. The number of aliphatic hydroxyl groups is 1. The van der Waals surface area contributed by atoms with E-state index in [-0.39, 0.29) is 22.4 Å². The first-order chi connectivity index (χ1) is 24.0. The molecule has 3 N–H and O–H groups in total. The van der Waals surface area contributed by atoms with Crippen molar-refractivity contribution in [2.45, 2.75) is 72.8 Å². The van der Waals surface area contributed by atoms with Crippen molar-refractivity contribution in [3.63, 3.8) is 0 Å². The quantitative estimate of drug-likeness (QED) is 0.176. The number of nitrogens with one attached hydrogen (secondary N) is 2. The van der Waals surface area contributed by atoms with Gasteiger partial charge in [0.05, 0.1) is 11.1 Å². The Morgan fingerprint density at radius 3 is 2.40 bits per heavy atom. The first-order valence-corrected chi connectivity index (χ1v) is 17.6. The van der Waals surface area contributed by atoms with E-state index in [4.69, 9.17) is 9.84 Å². The summed E-state index contributed by atoms with van der Waals surface area (Å²) in [5, 5.41) is 16.6. The molecule has 0 bridgehead atoms. The smallest absolute Gasteiger partial charge is 0.256 e. The van der Waals surface area contributed by atoms with Gasteiger partial charge in [-0.3, -0.25) is 9.59 Å². The zero-order chi connectivity index (χ0) is 36.4. The Morgan fingerprint density at radius 2 is 1.80 bits per heavy atom. The Hall–Kier alpha value is -4.89. The normalized spacial score (nSPS) is 18.8. The molecule has 1 fully saturated rings. The lowest BCUT2D eigenvalue weighted by Gasteiger charge is -2.26. The van der Waals surface area contributed by atoms with Gasteiger partial charge in [0.2, 0.25) is 5.43 Å². The number of carbonyl (C=O) groups is 1. The van der Waals surface area contributed by atoms with Crippen LogP contribution in [-0.4, -0.2) is 53.7 Å². The van der Waals surface area contributed by atoms with E-state index in [1.807, 2.05) is 55.5 Å². The molecule has 0 saturated carbocycles. The summed E-state index contributed by atoms with van der Waals surface area (Å²) in [6.07, 6.45) is 15.1. The van der Waals surface area contributed by atoms with Gasteiger partial charge in [-0.05, 0) is 101 Å². The molecule has 8 nitrogen and oxygen atoms in total. The Morgan fingerprint density at radius 1 is 1.10 bits per heavy atom. The van der Waals surface area contributed by atoms with Crippen molar-refractivity contribution in [3.05, 3.63) is 106 Å². The van der Waals surface area contributed by atoms with Crippen LogP contribution in [0, 0.1) is 5.82 Å². The fourth-order valence-electron chi connectivity index (χ4n) is 5.90. The molecule has 1 amide bonds. The number of rotatable bonds is 3. The maximum atomic E-state index is 14.9. The minimum atomic E-state index is -0.610. The third-order valence-electron chi connectivity index (χ3n) is 8.74. The van der Waals surface area contributed by atoms with Gasteiger partial charge in [-0.2, -0.15) is 0 Å². The third kappa shape index (κ3) is 8.82. The van der Waals surface area contributed by atoms with Crippen LogP contribution in [0.25, 0.3) is 27.4 Å². The molecule has 3 aliphatic rings. The Balaban J connectivity index is 0.000000228. The molecule has 7 rings (SSSR count). The number of pyridine rings is 1. The maximum absolute atomic E-state index is 14.9. The number of allylic oxidation sites excluding steroid dienone is 5. The predicted molar refractivity (Wildman–Crippen MR) is 205 cm³/mol. The van der Waals surface area contributed by atoms with Crippen molar-refractivity contribution in [2.75, 3.05) is 32.5 Å². The number of carbonyl (C=O) groups excluding carboxylic acids is 1. The summed E-state index contributed by atoms with van der Waals surface area (Å²) in [5.74, 6) is -0.0495. The molecule has 1 unspecified atom stereocenters. The number of benzene rings is 3. The van der Waals surface area contributed by atoms with Crippen LogP contribution in [0.4, 0.5) is 10.1 Å². The van der Waals surface area contributed by atoms with E-state index in [9.17, 15) is 14.0 Å². The van der Waals surface area contributed by atoms with Crippen LogP contribution in [0.5, 0.6) is 11.5 Å². The lowest BCUT2D eigenvalue weighted by molar-refractivity contribution is 0.0961. The number of anilines is 1. The highest BCUT2D eigenvalue weighted by Crippen LogP contribution is 2.46. The van der Waals surface area contributed by atoms with Crippen LogP contribution >= 0.6 is 0 Å². The third-order valence-corrected chi connectivity index (χ3v) is 8.74. The van der Waals surface area contributed by atoms with Crippen LogP contribution in [-0.2, 0) is 0 Å². The number of hydrogen-bond acceptors (Lipinski definition) is 6. The second-order valence-electron chi connectivity index (χ2n) is 12.8. The molecule has 1 aromatic heterocycles. The first-order valence-electron chi connectivity index (χ1n) is 17.6. The number of aromatic nitrogens is 1. The topological polar surface area (TPSA) is 95.8 Å². The largest absolute Gasteiger partial charge is 0.508 e.